The van der Waals surface area contributed by atoms with Crippen LogP contribution in [0.1, 0.15) is 21.5 Å². The molecule has 0 N–H and O–H groups in total. The molecule has 0 atom stereocenters. The van der Waals surface area contributed by atoms with Crippen LogP contribution in [0.4, 0.5) is 19.1 Å². The summed E-state index contributed by atoms with van der Waals surface area (Å²) < 4.78 is 64.8. The molecule has 172 valence electrons. The molecule has 9 nitrogen and oxygen atoms in total. The molecule has 0 aliphatic heterocycles. The fraction of sp³-hybridized carbons (Fsp3) is 0.150. The number of aryl methyl sites for hydroxylation is 1. The minimum Gasteiger partial charge on any atom is -0.269 e. The summed E-state index contributed by atoms with van der Waals surface area (Å²) >= 11 is 0. The highest BCUT2D eigenvalue weighted by molar-refractivity contribution is 7.90. The van der Waals surface area contributed by atoms with Crippen LogP contribution in [0.25, 0.3) is 6.08 Å². The van der Waals surface area contributed by atoms with Gasteiger partial charge in [0, 0.05) is 19.4 Å². The maximum atomic E-state index is 13.3. The molecule has 0 aliphatic rings. The maximum absolute atomic E-state index is 13.3. The first-order valence-corrected chi connectivity index (χ1v) is 11.0. The van der Waals surface area contributed by atoms with E-state index in [2.05, 4.69) is 15.5 Å². The number of hydrogen-bond donors (Lipinski definition) is 0. The molecule has 0 spiro atoms. The minimum atomic E-state index is -4.84. The third-order valence-corrected chi connectivity index (χ3v) is 5.51. The lowest BCUT2D eigenvalue weighted by molar-refractivity contribution is -0.137. The molecule has 2 aromatic carbocycles. The number of sulfone groups is 1. The van der Waals surface area contributed by atoms with Crippen LogP contribution in [0.5, 0.6) is 0 Å². The van der Waals surface area contributed by atoms with Gasteiger partial charge in [-0.25, -0.2) is 18.0 Å². The Morgan fingerprint density at radius 2 is 1.76 bits per heavy atom. The second kappa shape index (κ2) is 8.94. The number of anilines is 1. The van der Waals surface area contributed by atoms with E-state index in [0.717, 1.165) is 10.8 Å². The second-order valence-corrected chi connectivity index (χ2v) is 8.79. The molecule has 2 amide bonds. The number of carbonyl (C=O) groups excluding carboxylic acids is 2. The summed E-state index contributed by atoms with van der Waals surface area (Å²) in [5.74, 6) is -2.52. The molecule has 0 unspecified atom stereocenters. The lowest BCUT2D eigenvalue weighted by Crippen LogP contribution is -2.38. The van der Waals surface area contributed by atoms with Gasteiger partial charge in [0.05, 0.1) is 16.0 Å². The number of imide groups is 1. The van der Waals surface area contributed by atoms with Crippen LogP contribution in [-0.2, 0) is 27.9 Å². The Bertz CT molecular complexity index is 1340. The van der Waals surface area contributed by atoms with Crippen LogP contribution >= 0.6 is 0 Å². The maximum Gasteiger partial charge on any atom is 0.416 e. The van der Waals surface area contributed by atoms with E-state index in [1.807, 2.05) is 0 Å². The third-order valence-electron chi connectivity index (χ3n) is 4.38. The predicted octanol–water partition coefficient (Wildman–Crippen LogP) is 2.52. The Labute approximate surface area is 186 Å². The minimum absolute atomic E-state index is 0.347. The van der Waals surface area contributed by atoms with E-state index in [4.69, 9.17) is 0 Å². The van der Waals surface area contributed by atoms with E-state index >= 15 is 0 Å². The summed E-state index contributed by atoms with van der Waals surface area (Å²) in [6, 6.07) is 10.2. The molecule has 0 aliphatic carbocycles. The van der Waals surface area contributed by atoms with Crippen molar-refractivity contribution in [3.05, 3.63) is 71.3 Å². The molecule has 1 aromatic heterocycles. The molecular weight excluding hydrogens is 463 g/mol. The quantitative estimate of drug-likeness (QED) is 0.517. The van der Waals surface area contributed by atoms with Gasteiger partial charge < -0.3 is 0 Å². The van der Waals surface area contributed by atoms with E-state index in [-0.39, 0.29) is 5.95 Å². The summed E-state index contributed by atoms with van der Waals surface area (Å²) in [5, 5.41) is 10.5. The molecule has 0 bridgehead atoms. The van der Waals surface area contributed by atoms with E-state index in [9.17, 15) is 31.2 Å². The van der Waals surface area contributed by atoms with Crippen molar-refractivity contribution < 1.29 is 31.2 Å². The van der Waals surface area contributed by atoms with Crippen molar-refractivity contribution in [2.45, 2.75) is 11.1 Å². The number of nitrogens with zero attached hydrogens (tertiary/aromatic N) is 5. The van der Waals surface area contributed by atoms with E-state index in [1.165, 1.54) is 13.1 Å². The van der Waals surface area contributed by atoms with Crippen LogP contribution in [0.15, 0.2) is 59.5 Å². The van der Waals surface area contributed by atoms with Crippen molar-refractivity contribution >= 4 is 33.7 Å². The van der Waals surface area contributed by atoms with Crippen LogP contribution < -0.4 is 4.90 Å². The third kappa shape index (κ3) is 5.31. The normalized spacial score (nSPS) is 12.2. The number of hydrogen-bond acceptors (Lipinski definition) is 7. The predicted molar refractivity (Wildman–Crippen MR) is 111 cm³/mol. The number of benzene rings is 2. The zero-order valence-electron chi connectivity index (χ0n) is 17.2. The highest BCUT2D eigenvalue weighted by atomic mass is 32.2. The van der Waals surface area contributed by atoms with Crippen LogP contribution in [-0.4, -0.2) is 46.7 Å². The average molecular weight is 479 g/mol. The molecule has 33 heavy (non-hydrogen) atoms. The summed E-state index contributed by atoms with van der Waals surface area (Å²) in [6.45, 7) is 0. The molecule has 1 heterocycles. The zero-order valence-corrected chi connectivity index (χ0v) is 18.0. The molecule has 0 saturated heterocycles. The van der Waals surface area contributed by atoms with Gasteiger partial charge in [0.1, 0.15) is 0 Å². The van der Waals surface area contributed by atoms with E-state index in [1.54, 1.807) is 30.3 Å². The van der Waals surface area contributed by atoms with Crippen molar-refractivity contribution in [1.82, 2.24) is 20.2 Å². The summed E-state index contributed by atoms with van der Waals surface area (Å²) in [4.78, 5) is 25.8. The van der Waals surface area contributed by atoms with Gasteiger partial charge in [-0.3, -0.25) is 9.59 Å². The fourth-order valence-corrected chi connectivity index (χ4v) is 3.71. The van der Waals surface area contributed by atoms with Crippen LogP contribution in [0.2, 0.25) is 0 Å². The highest BCUT2D eigenvalue weighted by Crippen LogP contribution is 2.32. The molecule has 0 radical (unpaired) electrons. The van der Waals surface area contributed by atoms with Crippen molar-refractivity contribution in [2.24, 2.45) is 7.05 Å². The number of rotatable bonds is 5. The molecule has 0 saturated carbocycles. The van der Waals surface area contributed by atoms with Gasteiger partial charge in [0.15, 0.2) is 9.84 Å². The Balaban J connectivity index is 2.12. The standard InChI is InChI=1S/C20H16F3N5O4S/c1-27-19(24-25-26-27)28(17(29)11-8-13-6-4-3-5-7-13)18(30)15-10-9-14(20(21,22)23)12-16(15)33(2,31)32/h3-12H,1-2H3/b11-8+. The molecule has 0 fully saturated rings. The fourth-order valence-electron chi connectivity index (χ4n) is 2.81. The number of carbonyl (C=O) groups is 2. The number of alkyl halides is 3. The Morgan fingerprint density at radius 3 is 2.30 bits per heavy atom. The van der Waals surface area contributed by atoms with Gasteiger partial charge in [-0.2, -0.15) is 13.2 Å². The van der Waals surface area contributed by atoms with Crippen molar-refractivity contribution in [3.8, 4) is 0 Å². The summed E-state index contributed by atoms with van der Waals surface area (Å²) in [5.41, 5.74) is -1.28. The van der Waals surface area contributed by atoms with Gasteiger partial charge in [-0.05, 0) is 40.3 Å². The Kier molecular flexibility index (Phi) is 6.44. The number of tetrazole rings is 1. The molecular formula is C20H16F3N5O4S. The number of halogens is 3. The monoisotopic (exact) mass is 479 g/mol. The van der Waals surface area contributed by atoms with Gasteiger partial charge in [-0.15, -0.1) is 0 Å². The lowest BCUT2D eigenvalue weighted by atomic mass is 10.1. The van der Waals surface area contributed by atoms with Crippen molar-refractivity contribution in [1.29, 1.82) is 0 Å². The average Bonchev–Trinajstić information content (AvgIpc) is 3.16. The molecule has 13 heteroatoms. The van der Waals surface area contributed by atoms with Gasteiger partial charge in [0.2, 0.25) is 0 Å². The second-order valence-electron chi connectivity index (χ2n) is 6.81. The van der Waals surface area contributed by atoms with E-state index < -0.39 is 43.9 Å². The summed E-state index contributed by atoms with van der Waals surface area (Å²) in [6.07, 6.45) is -1.75. The Hall–Kier alpha value is -3.87. The topological polar surface area (TPSA) is 115 Å². The van der Waals surface area contributed by atoms with Crippen LogP contribution in [0.3, 0.4) is 0 Å². The first kappa shape index (κ1) is 23.8. The lowest BCUT2D eigenvalue weighted by Gasteiger charge is -2.19. The van der Waals surface area contributed by atoms with Crippen molar-refractivity contribution in [2.75, 3.05) is 11.2 Å². The Morgan fingerprint density at radius 1 is 1.09 bits per heavy atom. The molecule has 3 rings (SSSR count). The molecule has 3 aromatic rings. The van der Waals surface area contributed by atoms with E-state index in [0.29, 0.717) is 34.9 Å². The first-order chi connectivity index (χ1) is 15.4. The summed E-state index contributed by atoms with van der Waals surface area (Å²) in [7, 11) is -2.96. The number of aromatic nitrogens is 4. The van der Waals surface area contributed by atoms with Crippen molar-refractivity contribution in [3.63, 3.8) is 0 Å². The zero-order chi connectivity index (χ0) is 24.4. The SMILES string of the molecule is Cn1nnnc1N(C(=O)/C=C/c1ccccc1)C(=O)c1ccc(C(F)(F)F)cc1S(C)(=O)=O. The largest absolute Gasteiger partial charge is 0.416 e. The van der Waals surface area contributed by atoms with Gasteiger partial charge >= 0.3 is 6.18 Å². The van der Waals surface area contributed by atoms with Crippen LogP contribution in [0, 0.1) is 0 Å². The number of amides is 2. The van der Waals surface area contributed by atoms with Gasteiger partial charge in [-0.1, -0.05) is 35.4 Å². The van der Waals surface area contributed by atoms with Gasteiger partial charge in [0.25, 0.3) is 17.8 Å². The smallest absolute Gasteiger partial charge is 0.269 e. The first-order valence-electron chi connectivity index (χ1n) is 9.15. The highest BCUT2D eigenvalue weighted by Gasteiger charge is 2.35.